The molecule has 0 unspecified atom stereocenters. The summed E-state index contributed by atoms with van der Waals surface area (Å²) in [6, 6.07) is 0. The molecule has 0 aliphatic carbocycles. The Morgan fingerprint density at radius 1 is 1.78 bits per heavy atom. The summed E-state index contributed by atoms with van der Waals surface area (Å²) in [6.45, 7) is 2.17. The van der Waals surface area contributed by atoms with E-state index in [9.17, 15) is 12.8 Å². The monoisotopic (exact) mass is 155 g/mol. The molecule has 2 N–H and O–H groups in total. The van der Waals surface area contributed by atoms with Crippen molar-refractivity contribution in [2.24, 2.45) is 0 Å². The number of nitrogens with one attached hydrogen (secondary N) is 1. The van der Waals surface area contributed by atoms with Crippen molar-refractivity contribution in [2.75, 3.05) is 6.54 Å². The molecule has 0 amide bonds. The summed E-state index contributed by atoms with van der Waals surface area (Å²) in [5.74, 6) is -0.854. The van der Waals surface area contributed by atoms with Gasteiger partial charge in [0.2, 0.25) is 0 Å². The SMILES string of the molecule is C=C(F)CNS(=O)(=O)O. The van der Waals surface area contributed by atoms with Crippen LogP contribution >= 0.6 is 0 Å². The molecule has 0 aromatic heterocycles. The summed E-state index contributed by atoms with van der Waals surface area (Å²) < 4.78 is 40.5. The molecule has 0 bridgehead atoms. The fourth-order valence-electron chi connectivity index (χ4n) is 0.170. The molecular weight excluding hydrogens is 149 g/mol. The molecule has 0 fully saturated rings. The van der Waals surface area contributed by atoms with Gasteiger partial charge in [0.15, 0.2) is 0 Å². The van der Waals surface area contributed by atoms with E-state index >= 15 is 0 Å². The van der Waals surface area contributed by atoms with Gasteiger partial charge in [-0.2, -0.15) is 13.1 Å². The molecule has 0 aliphatic heterocycles. The third kappa shape index (κ3) is 7.54. The smallest absolute Gasteiger partial charge is 0.273 e. The second-order valence-electron chi connectivity index (χ2n) is 1.31. The molecular formula is C3H6FNO3S. The quantitative estimate of drug-likeness (QED) is 0.557. The second kappa shape index (κ2) is 2.90. The lowest BCUT2D eigenvalue weighted by Crippen LogP contribution is -2.23. The minimum Gasteiger partial charge on any atom is -0.273 e. The van der Waals surface area contributed by atoms with Crippen LogP contribution in [0.4, 0.5) is 4.39 Å². The third-order valence-electron chi connectivity index (χ3n) is 0.446. The van der Waals surface area contributed by atoms with Gasteiger partial charge in [-0.1, -0.05) is 6.58 Å². The van der Waals surface area contributed by atoms with E-state index in [2.05, 4.69) is 6.58 Å². The van der Waals surface area contributed by atoms with Crippen molar-refractivity contribution in [3.8, 4) is 0 Å². The molecule has 0 aliphatic rings. The van der Waals surface area contributed by atoms with Gasteiger partial charge in [-0.25, -0.2) is 4.39 Å². The maximum absolute atomic E-state index is 11.6. The lowest BCUT2D eigenvalue weighted by Gasteiger charge is -1.94. The van der Waals surface area contributed by atoms with Crippen LogP contribution in [0.15, 0.2) is 12.4 Å². The van der Waals surface area contributed by atoms with E-state index in [1.54, 1.807) is 0 Å². The Labute approximate surface area is 52.3 Å². The van der Waals surface area contributed by atoms with Crippen molar-refractivity contribution >= 4 is 10.3 Å². The minimum atomic E-state index is -4.27. The predicted molar refractivity (Wildman–Crippen MR) is 29.8 cm³/mol. The van der Waals surface area contributed by atoms with Crippen molar-refractivity contribution in [3.05, 3.63) is 12.4 Å². The standard InChI is InChI=1S/C3H6FNO3S/c1-3(4)2-5-9(6,7)8/h5H,1-2H2,(H,6,7,8). The Balaban J connectivity index is 3.67. The third-order valence-corrected chi connectivity index (χ3v) is 0.956. The molecule has 0 saturated carbocycles. The topological polar surface area (TPSA) is 66.4 Å². The first-order chi connectivity index (χ1) is 3.92. The summed E-state index contributed by atoms with van der Waals surface area (Å²) >= 11 is 0. The predicted octanol–water partition coefficient (Wildman–Crippen LogP) is -0.138. The van der Waals surface area contributed by atoms with Crippen molar-refractivity contribution in [1.29, 1.82) is 0 Å². The molecule has 0 rings (SSSR count). The molecule has 0 aromatic carbocycles. The zero-order valence-electron chi connectivity index (χ0n) is 4.46. The number of hydrogen-bond donors (Lipinski definition) is 2. The van der Waals surface area contributed by atoms with Gasteiger partial charge >= 0.3 is 10.3 Å². The van der Waals surface area contributed by atoms with Crippen LogP contribution in [0.5, 0.6) is 0 Å². The molecule has 0 saturated heterocycles. The Morgan fingerprint density at radius 2 is 2.22 bits per heavy atom. The van der Waals surface area contributed by atoms with E-state index < -0.39 is 22.7 Å². The van der Waals surface area contributed by atoms with Gasteiger partial charge in [0, 0.05) is 0 Å². The zero-order valence-corrected chi connectivity index (χ0v) is 5.28. The first-order valence-corrected chi connectivity index (χ1v) is 3.41. The number of hydrogen-bond acceptors (Lipinski definition) is 2. The van der Waals surface area contributed by atoms with Crippen LogP contribution in [-0.4, -0.2) is 19.5 Å². The summed E-state index contributed by atoms with van der Waals surface area (Å²) in [6.07, 6.45) is 0. The molecule has 6 heteroatoms. The van der Waals surface area contributed by atoms with E-state index in [0.717, 1.165) is 0 Å². The molecule has 4 nitrogen and oxygen atoms in total. The van der Waals surface area contributed by atoms with Crippen LogP contribution in [0.25, 0.3) is 0 Å². The second-order valence-corrected chi connectivity index (χ2v) is 2.55. The molecule has 0 aromatic rings. The lowest BCUT2D eigenvalue weighted by molar-refractivity contribution is 0.465. The molecule has 0 spiro atoms. The number of halogens is 1. The van der Waals surface area contributed by atoms with E-state index in [1.807, 2.05) is 0 Å². The average Bonchev–Trinajstić information content (AvgIpc) is 1.59. The first kappa shape index (κ1) is 8.54. The van der Waals surface area contributed by atoms with Crippen LogP contribution in [0, 0.1) is 0 Å². The van der Waals surface area contributed by atoms with Gasteiger partial charge in [0.1, 0.15) is 5.83 Å². The van der Waals surface area contributed by atoms with Gasteiger partial charge in [0.25, 0.3) is 0 Å². The van der Waals surface area contributed by atoms with E-state index in [4.69, 9.17) is 4.55 Å². The van der Waals surface area contributed by atoms with Gasteiger partial charge in [-0.15, -0.1) is 0 Å². The van der Waals surface area contributed by atoms with Crippen LogP contribution in [0.3, 0.4) is 0 Å². The zero-order chi connectivity index (χ0) is 7.49. The van der Waals surface area contributed by atoms with Crippen molar-refractivity contribution < 1.29 is 17.4 Å². The van der Waals surface area contributed by atoms with E-state index in [-0.39, 0.29) is 0 Å². The summed E-state index contributed by atoms with van der Waals surface area (Å²) in [4.78, 5) is 0. The van der Waals surface area contributed by atoms with Gasteiger partial charge in [0.05, 0.1) is 6.54 Å². The van der Waals surface area contributed by atoms with Gasteiger partial charge in [-0.3, -0.25) is 4.55 Å². The lowest BCUT2D eigenvalue weighted by atomic mass is 10.6. The van der Waals surface area contributed by atoms with Crippen molar-refractivity contribution in [2.45, 2.75) is 0 Å². The first-order valence-electron chi connectivity index (χ1n) is 1.97. The van der Waals surface area contributed by atoms with Crippen LogP contribution < -0.4 is 4.72 Å². The fourth-order valence-corrected chi connectivity index (χ4v) is 0.509. The van der Waals surface area contributed by atoms with Gasteiger partial charge < -0.3 is 0 Å². The van der Waals surface area contributed by atoms with Crippen molar-refractivity contribution in [1.82, 2.24) is 4.72 Å². The molecule has 0 atom stereocenters. The average molecular weight is 155 g/mol. The van der Waals surface area contributed by atoms with Gasteiger partial charge in [-0.05, 0) is 0 Å². The maximum atomic E-state index is 11.6. The summed E-state index contributed by atoms with van der Waals surface area (Å²) in [5, 5.41) is 0. The number of rotatable bonds is 3. The Morgan fingerprint density at radius 3 is 2.33 bits per heavy atom. The maximum Gasteiger partial charge on any atom is 0.333 e. The largest absolute Gasteiger partial charge is 0.333 e. The minimum absolute atomic E-state index is 0.584. The van der Waals surface area contributed by atoms with E-state index in [0.29, 0.717) is 0 Å². The fraction of sp³-hybridized carbons (Fsp3) is 0.333. The highest BCUT2D eigenvalue weighted by Gasteiger charge is 2.01. The molecule has 0 heterocycles. The highest BCUT2D eigenvalue weighted by molar-refractivity contribution is 7.83. The Bertz CT molecular complexity index is 197. The highest BCUT2D eigenvalue weighted by atomic mass is 32.2. The molecule has 54 valence electrons. The molecule has 0 radical (unpaired) electrons. The summed E-state index contributed by atoms with van der Waals surface area (Å²) in [7, 11) is -4.27. The molecule has 9 heavy (non-hydrogen) atoms. The Kier molecular flexibility index (Phi) is 2.75. The van der Waals surface area contributed by atoms with Crippen LogP contribution in [0.2, 0.25) is 0 Å². The van der Waals surface area contributed by atoms with Crippen LogP contribution in [-0.2, 0) is 10.3 Å². The Hall–Kier alpha value is -0.460. The van der Waals surface area contributed by atoms with Crippen LogP contribution in [0.1, 0.15) is 0 Å². The van der Waals surface area contributed by atoms with Crippen molar-refractivity contribution in [3.63, 3.8) is 0 Å². The summed E-state index contributed by atoms with van der Waals surface area (Å²) in [5.41, 5.74) is 0. The van der Waals surface area contributed by atoms with E-state index in [1.165, 1.54) is 4.72 Å². The normalized spacial score (nSPS) is 11.3. The highest BCUT2D eigenvalue weighted by Crippen LogP contribution is 1.86.